The number of thiophene rings is 1. The molecule has 0 radical (unpaired) electrons. The van der Waals surface area contributed by atoms with Crippen LogP contribution in [0, 0.1) is 0 Å². The molecule has 0 bridgehead atoms. The molecule has 1 heterocycles. The van der Waals surface area contributed by atoms with Gasteiger partial charge in [-0.25, -0.2) is 13.6 Å². The van der Waals surface area contributed by atoms with E-state index in [4.69, 9.17) is 5.14 Å². The second-order valence-corrected chi connectivity index (χ2v) is 5.12. The van der Waals surface area contributed by atoms with Crippen molar-refractivity contribution in [3.05, 3.63) is 22.4 Å². The summed E-state index contributed by atoms with van der Waals surface area (Å²) in [6.07, 6.45) is 1.40. The zero-order valence-corrected chi connectivity index (χ0v) is 8.20. The van der Waals surface area contributed by atoms with E-state index in [1.807, 2.05) is 16.8 Å². The minimum absolute atomic E-state index is 0.0723. The maximum Gasteiger partial charge on any atom is 0.209 e. The summed E-state index contributed by atoms with van der Waals surface area (Å²) in [7, 11) is -3.27. The molecule has 2 N–H and O–H groups in total. The van der Waals surface area contributed by atoms with Gasteiger partial charge in [0.2, 0.25) is 10.0 Å². The van der Waals surface area contributed by atoms with Crippen molar-refractivity contribution in [1.82, 2.24) is 0 Å². The van der Waals surface area contributed by atoms with E-state index < -0.39 is 10.0 Å². The van der Waals surface area contributed by atoms with Gasteiger partial charge in [0.15, 0.2) is 0 Å². The van der Waals surface area contributed by atoms with Crippen LogP contribution >= 0.6 is 11.3 Å². The SMILES string of the molecule is NS(=O)(=O)CCCc1ccsc1. The van der Waals surface area contributed by atoms with Crippen molar-refractivity contribution in [2.45, 2.75) is 12.8 Å². The molecule has 0 aliphatic heterocycles. The van der Waals surface area contributed by atoms with Crippen LogP contribution in [0.15, 0.2) is 16.8 Å². The lowest BCUT2D eigenvalue weighted by molar-refractivity contribution is 0.595. The van der Waals surface area contributed by atoms with Crippen LogP contribution in [0.25, 0.3) is 0 Å². The van der Waals surface area contributed by atoms with Crippen LogP contribution in [0.1, 0.15) is 12.0 Å². The molecule has 0 fully saturated rings. The quantitative estimate of drug-likeness (QED) is 0.796. The second-order valence-electron chi connectivity index (χ2n) is 2.60. The predicted octanol–water partition coefficient (Wildman–Crippen LogP) is 0.969. The summed E-state index contributed by atoms with van der Waals surface area (Å²) in [4.78, 5) is 0. The van der Waals surface area contributed by atoms with Gasteiger partial charge in [-0.05, 0) is 35.2 Å². The van der Waals surface area contributed by atoms with Gasteiger partial charge in [0.25, 0.3) is 0 Å². The molecule has 5 heteroatoms. The van der Waals surface area contributed by atoms with Crippen molar-refractivity contribution < 1.29 is 8.42 Å². The van der Waals surface area contributed by atoms with Crippen molar-refractivity contribution >= 4 is 21.4 Å². The average Bonchev–Trinajstić information content (AvgIpc) is 2.36. The van der Waals surface area contributed by atoms with Crippen molar-refractivity contribution in [3.8, 4) is 0 Å². The van der Waals surface area contributed by atoms with E-state index in [2.05, 4.69) is 0 Å². The highest BCUT2D eigenvalue weighted by atomic mass is 32.2. The van der Waals surface area contributed by atoms with E-state index in [1.54, 1.807) is 11.3 Å². The first-order valence-corrected chi connectivity index (χ1v) is 6.25. The molecule has 12 heavy (non-hydrogen) atoms. The summed E-state index contributed by atoms with van der Waals surface area (Å²) < 4.78 is 21.1. The highest BCUT2D eigenvalue weighted by molar-refractivity contribution is 7.89. The molecular formula is C7H11NO2S2. The topological polar surface area (TPSA) is 60.2 Å². The standard InChI is InChI=1S/C7H11NO2S2/c8-12(9,10)5-1-2-7-3-4-11-6-7/h3-4,6H,1-2,5H2,(H2,8,9,10). The molecule has 0 unspecified atom stereocenters. The largest absolute Gasteiger partial charge is 0.229 e. The van der Waals surface area contributed by atoms with Gasteiger partial charge in [-0.3, -0.25) is 0 Å². The van der Waals surface area contributed by atoms with Gasteiger partial charge in [-0.15, -0.1) is 0 Å². The van der Waals surface area contributed by atoms with Gasteiger partial charge in [0.1, 0.15) is 0 Å². The maximum absolute atomic E-state index is 10.5. The highest BCUT2D eigenvalue weighted by Crippen LogP contribution is 2.08. The first kappa shape index (κ1) is 9.70. The van der Waals surface area contributed by atoms with Crippen LogP contribution < -0.4 is 5.14 Å². The summed E-state index contributed by atoms with van der Waals surface area (Å²) in [5, 5.41) is 8.85. The van der Waals surface area contributed by atoms with E-state index in [9.17, 15) is 8.42 Å². The smallest absolute Gasteiger partial charge is 0.209 e. The number of rotatable bonds is 4. The molecular weight excluding hydrogens is 194 g/mol. The fraction of sp³-hybridized carbons (Fsp3) is 0.429. The minimum Gasteiger partial charge on any atom is -0.229 e. The lowest BCUT2D eigenvalue weighted by atomic mass is 10.2. The summed E-state index contributed by atoms with van der Waals surface area (Å²) in [5.41, 5.74) is 1.18. The summed E-state index contributed by atoms with van der Waals surface area (Å²) in [6, 6.07) is 1.99. The number of nitrogens with two attached hydrogens (primary N) is 1. The van der Waals surface area contributed by atoms with Crippen LogP contribution in [0.5, 0.6) is 0 Å². The van der Waals surface area contributed by atoms with Gasteiger partial charge >= 0.3 is 0 Å². The number of hydrogen-bond donors (Lipinski definition) is 1. The molecule has 68 valence electrons. The molecule has 0 saturated carbocycles. The Balaban J connectivity index is 2.29. The summed E-state index contributed by atoms with van der Waals surface area (Å²) >= 11 is 1.62. The summed E-state index contributed by atoms with van der Waals surface area (Å²) in [5.74, 6) is 0.0723. The Hall–Kier alpha value is -0.390. The Bertz CT molecular complexity index is 315. The molecule has 0 aromatic carbocycles. The van der Waals surface area contributed by atoms with Crippen molar-refractivity contribution in [3.63, 3.8) is 0 Å². The monoisotopic (exact) mass is 205 g/mol. The molecule has 1 rings (SSSR count). The van der Waals surface area contributed by atoms with Gasteiger partial charge < -0.3 is 0 Å². The molecule has 0 spiro atoms. The van der Waals surface area contributed by atoms with E-state index >= 15 is 0 Å². The third kappa shape index (κ3) is 3.85. The van der Waals surface area contributed by atoms with E-state index in [0.29, 0.717) is 6.42 Å². The Morgan fingerprint density at radius 3 is 2.75 bits per heavy atom. The lowest BCUT2D eigenvalue weighted by Gasteiger charge is -1.96. The zero-order valence-electron chi connectivity index (χ0n) is 6.56. The van der Waals surface area contributed by atoms with Crippen molar-refractivity contribution in [2.24, 2.45) is 5.14 Å². The Morgan fingerprint density at radius 2 is 2.25 bits per heavy atom. The molecule has 0 aliphatic carbocycles. The second kappa shape index (κ2) is 4.02. The Labute approximate surface area is 76.3 Å². The van der Waals surface area contributed by atoms with Gasteiger partial charge in [0.05, 0.1) is 5.75 Å². The zero-order chi connectivity index (χ0) is 9.03. The van der Waals surface area contributed by atoms with Crippen LogP contribution in [-0.4, -0.2) is 14.2 Å². The first-order chi connectivity index (χ1) is 5.58. The predicted molar refractivity (Wildman–Crippen MR) is 50.6 cm³/mol. The lowest BCUT2D eigenvalue weighted by Crippen LogP contribution is -2.16. The average molecular weight is 205 g/mol. The first-order valence-electron chi connectivity index (χ1n) is 3.59. The van der Waals surface area contributed by atoms with Crippen LogP contribution in [0.3, 0.4) is 0 Å². The molecule has 0 saturated heterocycles. The normalized spacial score (nSPS) is 11.8. The minimum atomic E-state index is -3.27. The number of aryl methyl sites for hydroxylation is 1. The van der Waals surface area contributed by atoms with Crippen LogP contribution in [-0.2, 0) is 16.4 Å². The highest BCUT2D eigenvalue weighted by Gasteiger charge is 2.02. The van der Waals surface area contributed by atoms with Gasteiger partial charge in [-0.2, -0.15) is 11.3 Å². The van der Waals surface area contributed by atoms with Gasteiger partial charge in [0, 0.05) is 0 Å². The van der Waals surface area contributed by atoms with E-state index in [0.717, 1.165) is 6.42 Å². The number of sulfonamides is 1. The fourth-order valence-electron chi connectivity index (χ4n) is 0.912. The van der Waals surface area contributed by atoms with Gasteiger partial charge in [-0.1, -0.05) is 0 Å². The Morgan fingerprint density at radius 1 is 1.50 bits per heavy atom. The van der Waals surface area contributed by atoms with Crippen molar-refractivity contribution in [1.29, 1.82) is 0 Å². The van der Waals surface area contributed by atoms with E-state index in [1.165, 1.54) is 5.56 Å². The van der Waals surface area contributed by atoms with Crippen LogP contribution in [0.2, 0.25) is 0 Å². The maximum atomic E-state index is 10.5. The molecule has 3 nitrogen and oxygen atoms in total. The third-order valence-corrected chi connectivity index (χ3v) is 3.06. The molecule has 0 aliphatic rings. The van der Waals surface area contributed by atoms with E-state index in [-0.39, 0.29) is 5.75 Å². The van der Waals surface area contributed by atoms with Crippen LogP contribution in [0.4, 0.5) is 0 Å². The number of primary sulfonamides is 1. The Kier molecular flexibility index (Phi) is 3.25. The molecule has 1 aromatic heterocycles. The molecule has 1 aromatic rings. The molecule has 0 amide bonds. The van der Waals surface area contributed by atoms with Crippen molar-refractivity contribution in [2.75, 3.05) is 5.75 Å². The molecule has 0 atom stereocenters. The summed E-state index contributed by atoms with van der Waals surface area (Å²) in [6.45, 7) is 0. The number of hydrogen-bond acceptors (Lipinski definition) is 3. The fourth-order valence-corrected chi connectivity index (χ4v) is 2.16. The third-order valence-electron chi connectivity index (χ3n) is 1.47.